The fourth-order valence-corrected chi connectivity index (χ4v) is 3.13. The molecular formula is C13H10S. The van der Waals surface area contributed by atoms with Crippen LogP contribution in [0.15, 0.2) is 42.5 Å². The van der Waals surface area contributed by atoms with Crippen molar-refractivity contribution < 1.29 is 0 Å². The van der Waals surface area contributed by atoms with Crippen LogP contribution in [0.1, 0.15) is 5.56 Å². The van der Waals surface area contributed by atoms with Crippen LogP contribution >= 0.6 is 11.3 Å². The lowest BCUT2D eigenvalue weighted by Crippen LogP contribution is -1.72. The molecule has 0 nitrogen and oxygen atoms in total. The van der Waals surface area contributed by atoms with Gasteiger partial charge in [-0.15, -0.1) is 11.3 Å². The SMILES string of the molecule is Cc1cccc2sc3ccccc3c12. The van der Waals surface area contributed by atoms with Gasteiger partial charge in [0, 0.05) is 20.2 Å². The summed E-state index contributed by atoms with van der Waals surface area (Å²) in [6.07, 6.45) is 0. The number of benzene rings is 2. The topological polar surface area (TPSA) is 0 Å². The van der Waals surface area contributed by atoms with Gasteiger partial charge in [-0.1, -0.05) is 30.3 Å². The molecule has 0 fully saturated rings. The molecule has 14 heavy (non-hydrogen) atoms. The Labute approximate surface area is 86.8 Å². The second kappa shape index (κ2) is 2.82. The van der Waals surface area contributed by atoms with Crippen LogP contribution in [0.5, 0.6) is 0 Å². The van der Waals surface area contributed by atoms with Gasteiger partial charge in [0.2, 0.25) is 0 Å². The number of rotatable bonds is 0. The van der Waals surface area contributed by atoms with E-state index in [1.807, 2.05) is 11.3 Å². The van der Waals surface area contributed by atoms with E-state index in [2.05, 4.69) is 49.4 Å². The van der Waals surface area contributed by atoms with Gasteiger partial charge in [0.15, 0.2) is 0 Å². The molecule has 0 N–H and O–H groups in total. The fourth-order valence-electron chi connectivity index (χ4n) is 1.95. The Balaban J connectivity index is 2.65. The highest BCUT2D eigenvalue weighted by Crippen LogP contribution is 2.35. The summed E-state index contributed by atoms with van der Waals surface area (Å²) in [7, 11) is 0. The highest BCUT2D eigenvalue weighted by atomic mass is 32.1. The van der Waals surface area contributed by atoms with E-state index in [9.17, 15) is 0 Å². The molecule has 2 aromatic carbocycles. The lowest BCUT2D eigenvalue weighted by molar-refractivity contribution is 1.55. The summed E-state index contributed by atoms with van der Waals surface area (Å²) >= 11 is 1.88. The van der Waals surface area contributed by atoms with Crippen LogP contribution in [0.2, 0.25) is 0 Å². The predicted molar refractivity (Wildman–Crippen MR) is 64.1 cm³/mol. The van der Waals surface area contributed by atoms with Crippen molar-refractivity contribution in [3.05, 3.63) is 48.0 Å². The minimum absolute atomic E-state index is 1.37. The summed E-state index contributed by atoms with van der Waals surface area (Å²) in [5.41, 5.74) is 1.37. The molecule has 68 valence electrons. The van der Waals surface area contributed by atoms with Crippen molar-refractivity contribution in [3.63, 3.8) is 0 Å². The second-order valence-electron chi connectivity index (χ2n) is 3.55. The summed E-state index contributed by atoms with van der Waals surface area (Å²) < 4.78 is 2.78. The Kier molecular flexibility index (Phi) is 1.62. The normalized spacial score (nSPS) is 11.2. The van der Waals surface area contributed by atoms with Crippen LogP contribution in [0, 0.1) is 6.92 Å². The first kappa shape index (κ1) is 8.01. The first-order chi connectivity index (χ1) is 6.86. The Morgan fingerprint density at radius 2 is 1.64 bits per heavy atom. The molecule has 0 atom stereocenters. The molecule has 3 aromatic rings. The van der Waals surface area contributed by atoms with Gasteiger partial charge in [-0.25, -0.2) is 0 Å². The van der Waals surface area contributed by atoms with Gasteiger partial charge in [0.25, 0.3) is 0 Å². The van der Waals surface area contributed by atoms with Gasteiger partial charge >= 0.3 is 0 Å². The number of hydrogen-bond acceptors (Lipinski definition) is 1. The predicted octanol–water partition coefficient (Wildman–Crippen LogP) is 4.36. The number of hydrogen-bond donors (Lipinski definition) is 0. The van der Waals surface area contributed by atoms with Gasteiger partial charge in [0.1, 0.15) is 0 Å². The molecule has 1 aromatic heterocycles. The van der Waals surface area contributed by atoms with E-state index in [1.54, 1.807) is 0 Å². The average molecular weight is 198 g/mol. The molecule has 0 aliphatic carbocycles. The molecule has 0 saturated carbocycles. The van der Waals surface area contributed by atoms with E-state index in [4.69, 9.17) is 0 Å². The number of thiophene rings is 1. The number of aryl methyl sites for hydroxylation is 1. The summed E-state index contributed by atoms with van der Waals surface area (Å²) in [6.45, 7) is 2.18. The van der Waals surface area contributed by atoms with Crippen LogP contribution in [0.4, 0.5) is 0 Å². The Morgan fingerprint density at radius 1 is 0.857 bits per heavy atom. The van der Waals surface area contributed by atoms with Crippen molar-refractivity contribution in [1.29, 1.82) is 0 Å². The van der Waals surface area contributed by atoms with Crippen molar-refractivity contribution in [2.45, 2.75) is 6.92 Å². The van der Waals surface area contributed by atoms with Crippen LogP contribution < -0.4 is 0 Å². The fraction of sp³-hybridized carbons (Fsp3) is 0.0769. The molecule has 0 amide bonds. The molecule has 0 spiro atoms. The average Bonchev–Trinajstić information content (AvgIpc) is 2.57. The van der Waals surface area contributed by atoms with Gasteiger partial charge in [0.05, 0.1) is 0 Å². The van der Waals surface area contributed by atoms with Crippen molar-refractivity contribution >= 4 is 31.5 Å². The molecule has 0 bridgehead atoms. The maximum absolute atomic E-state index is 2.21. The molecule has 3 rings (SSSR count). The zero-order valence-corrected chi connectivity index (χ0v) is 8.77. The molecule has 0 aliphatic heterocycles. The molecule has 0 unspecified atom stereocenters. The van der Waals surface area contributed by atoms with E-state index >= 15 is 0 Å². The third-order valence-corrected chi connectivity index (χ3v) is 3.75. The van der Waals surface area contributed by atoms with E-state index in [1.165, 1.54) is 25.7 Å². The van der Waals surface area contributed by atoms with Crippen LogP contribution in [-0.4, -0.2) is 0 Å². The van der Waals surface area contributed by atoms with Crippen molar-refractivity contribution in [3.8, 4) is 0 Å². The molecular weight excluding hydrogens is 188 g/mol. The summed E-state index contributed by atoms with van der Waals surface area (Å²) in [4.78, 5) is 0. The van der Waals surface area contributed by atoms with Gasteiger partial charge in [-0.05, 0) is 24.6 Å². The quantitative estimate of drug-likeness (QED) is 0.503. The lowest BCUT2D eigenvalue weighted by Gasteiger charge is -1.95. The molecule has 1 heterocycles. The first-order valence-electron chi connectivity index (χ1n) is 4.73. The standard InChI is InChI=1S/C13H10S/c1-9-5-4-8-12-13(9)10-6-2-3-7-11(10)14-12/h2-8H,1H3. The maximum Gasteiger partial charge on any atom is 0.0358 e. The largest absolute Gasteiger partial charge is 0.135 e. The van der Waals surface area contributed by atoms with Crippen molar-refractivity contribution in [1.82, 2.24) is 0 Å². The van der Waals surface area contributed by atoms with E-state index in [0.29, 0.717) is 0 Å². The minimum Gasteiger partial charge on any atom is -0.135 e. The molecule has 0 saturated heterocycles. The van der Waals surface area contributed by atoms with Crippen LogP contribution in [0.25, 0.3) is 20.2 Å². The van der Waals surface area contributed by atoms with Crippen LogP contribution in [0.3, 0.4) is 0 Å². The van der Waals surface area contributed by atoms with E-state index < -0.39 is 0 Å². The summed E-state index contributed by atoms with van der Waals surface area (Å²) in [5.74, 6) is 0. The Hall–Kier alpha value is -1.34. The van der Waals surface area contributed by atoms with Crippen LogP contribution in [-0.2, 0) is 0 Å². The molecule has 1 heteroatoms. The monoisotopic (exact) mass is 198 g/mol. The zero-order valence-electron chi connectivity index (χ0n) is 7.95. The van der Waals surface area contributed by atoms with E-state index in [0.717, 1.165) is 0 Å². The summed E-state index contributed by atoms with van der Waals surface area (Å²) in [5, 5.41) is 2.82. The highest BCUT2D eigenvalue weighted by Gasteiger charge is 2.04. The van der Waals surface area contributed by atoms with Gasteiger partial charge in [-0.3, -0.25) is 0 Å². The smallest absolute Gasteiger partial charge is 0.0358 e. The summed E-state index contributed by atoms with van der Waals surface area (Å²) in [6, 6.07) is 15.1. The van der Waals surface area contributed by atoms with Crippen molar-refractivity contribution in [2.24, 2.45) is 0 Å². The van der Waals surface area contributed by atoms with E-state index in [-0.39, 0.29) is 0 Å². The molecule has 0 aliphatic rings. The number of fused-ring (bicyclic) bond motifs is 3. The third kappa shape index (κ3) is 0.992. The zero-order chi connectivity index (χ0) is 9.54. The first-order valence-corrected chi connectivity index (χ1v) is 5.55. The van der Waals surface area contributed by atoms with Gasteiger partial charge in [-0.2, -0.15) is 0 Å². The second-order valence-corrected chi connectivity index (χ2v) is 4.63. The molecule has 0 radical (unpaired) electrons. The Bertz CT molecular complexity index is 605. The highest BCUT2D eigenvalue weighted by molar-refractivity contribution is 7.25. The third-order valence-electron chi connectivity index (χ3n) is 2.61. The minimum atomic E-state index is 1.37. The van der Waals surface area contributed by atoms with Crippen molar-refractivity contribution in [2.75, 3.05) is 0 Å². The maximum atomic E-state index is 2.21. The lowest BCUT2D eigenvalue weighted by atomic mass is 10.1. The van der Waals surface area contributed by atoms with Gasteiger partial charge < -0.3 is 0 Å². The Morgan fingerprint density at radius 3 is 2.57 bits per heavy atom.